The molecule has 0 aromatic heterocycles. The van der Waals surface area contributed by atoms with Crippen molar-refractivity contribution >= 4 is 11.5 Å². The molecular weight excluding hydrogens is 186 g/mol. The normalized spacial score (nSPS) is 23.2. The number of amidine groups is 1. The molecule has 3 heteroatoms. The van der Waals surface area contributed by atoms with E-state index in [1.165, 1.54) is 5.69 Å². The van der Waals surface area contributed by atoms with Crippen LogP contribution < -0.4 is 10.4 Å². The van der Waals surface area contributed by atoms with E-state index in [0.717, 1.165) is 18.8 Å². The second kappa shape index (κ2) is 4.34. The Bertz CT molecular complexity index is 345. The van der Waals surface area contributed by atoms with Crippen LogP contribution in [0, 0.1) is 0 Å². The van der Waals surface area contributed by atoms with Gasteiger partial charge in [0.1, 0.15) is 5.84 Å². The SMILES string of the molecule is CCN=C1CC(C)N(c2ccccc2)N1. The minimum atomic E-state index is 0.470. The molecule has 2 rings (SSSR count). The van der Waals surface area contributed by atoms with Gasteiger partial charge in [-0.1, -0.05) is 18.2 Å². The fraction of sp³-hybridized carbons (Fsp3) is 0.417. The number of nitrogens with zero attached hydrogens (tertiary/aromatic N) is 2. The third kappa shape index (κ3) is 2.12. The average molecular weight is 203 g/mol. The molecule has 3 nitrogen and oxygen atoms in total. The predicted octanol–water partition coefficient (Wildman–Crippen LogP) is 2.21. The molecule has 0 bridgehead atoms. The van der Waals surface area contributed by atoms with Gasteiger partial charge in [-0.2, -0.15) is 0 Å². The van der Waals surface area contributed by atoms with Gasteiger partial charge in [0.2, 0.25) is 0 Å². The van der Waals surface area contributed by atoms with Gasteiger partial charge in [0.25, 0.3) is 0 Å². The van der Waals surface area contributed by atoms with Gasteiger partial charge in [-0.15, -0.1) is 0 Å². The number of hydrogen-bond donors (Lipinski definition) is 1. The summed E-state index contributed by atoms with van der Waals surface area (Å²) in [5.41, 5.74) is 4.54. The number of para-hydroxylation sites is 1. The number of hydrogen-bond acceptors (Lipinski definition) is 2. The highest BCUT2D eigenvalue weighted by Gasteiger charge is 2.24. The predicted molar refractivity (Wildman–Crippen MR) is 64.1 cm³/mol. The molecule has 1 aliphatic rings. The number of anilines is 1. The van der Waals surface area contributed by atoms with Gasteiger partial charge in [-0.3, -0.25) is 15.4 Å². The topological polar surface area (TPSA) is 27.6 Å². The lowest BCUT2D eigenvalue weighted by atomic mass is 10.2. The van der Waals surface area contributed by atoms with E-state index < -0.39 is 0 Å². The van der Waals surface area contributed by atoms with E-state index in [0.29, 0.717) is 6.04 Å². The summed E-state index contributed by atoms with van der Waals surface area (Å²) in [6, 6.07) is 10.8. The molecular formula is C12H17N3. The largest absolute Gasteiger partial charge is 0.285 e. The lowest BCUT2D eigenvalue weighted by molar-refractivity contribution is 0.700. The highest BCUT2D eigenvalue weighted by Crippen LogP contribution is 2.20. The molecule has 1 atom stereocenters. The van der Waals surface area contributed by atoms with Gasteiger partial charge in [0.15, 0.2) is 0 Å². The summed E-state index contributed by atoms with van der Waals surface area (Å²) in [7, 11) is 0. The fourth-order valence-electron chi connectivity index (χ4n) is 1.86. The van der Waals surface area contributed by atoms with Crippen molar-refractivity contribution in [1.29, 1.82) is 0 Å². The standard InChI is InChI=1S/C12H17N3/c1-3-13-12-9-10(2)15(14-12)11-7-5-4-6-8-11/h4-8,10H,3,9H2,1-2H3,(H,13,14). The Hall–Kier alpha value is -1.51. The second-order valence-electron chi connectivity index (χ2n) is 3.79. The molecule has 0 aliphatic carbocycles. The minimum absolute atomic E-state index is 0.470. The van der Waals surface area contributed by atoms with E-state index in [2.05, 4.69) is 53.5 Å². The Balaban J connectivity index is 2.15. The summed E-state index contributed by atoms with van der Waals surface area (Å²) >= 11 is 0. The molecule has 1 fully saturated rings. The van der Waals surface area contributed by atoms with Crippen molar-refractivity contribution in [2.45, 2.75) is 26.3 Å². The van der Waals surface area contributed by atoms with E-state index in [1.807, 2.05) is 6.07 Å². The summed E-state index contributed by atoms with van der Waals surface area (Å²) in [6.45, 7) is 5.11. The molecule has 0 saturated carbocycles. The van der Waals surface area contributed by atoms with Crippen LogP contribution in [0.1, 0.15) is 20.3 Å². The summed E-state index contributed by atoms with van der Waals surface area (Å²) in [5, 5.41) is 2.18. The number of hydrazine groups is 1. The van der Waals surface area contributed by atoms with E-state index >= 15 is 0 Å². The summed E-state index contributed by atoms with van der Waals surface area (Å²) in [6.07, 6.45) is 1.00. The van der Waals surface area contributed by atoms with Crippen LogP contribution in [0.25, 0.3) is 0 Å². The van der Waals surface area contributed by atoms with E-state index in [4.69, 9.17) is 0 Å². The lowest BCUT2D eigenvalue weighted by Crippen LogP contribution is -2.37. The maximum Gasteiger partial charge on any atom is 0.117 e. The molecule has 1 saturated heterocycles. The zero-order chi connectivity index (χ0) is 10.7. The Labute approximate surface area is 90.8 Å². The van der Waals surface area contributed by atoms with Crippen molar-refractivity contribution < 1.29 is 0 Å². The number of aliphatic imine (C=N–C) groups is 1. The summed E-state index contributed by atoms with van der Waals surface area (Å²) < 4.78 is 0. The van der Waals surface area contributed by atoms with Crippen molar-refractivity contribution in [2.75, 3.05) is 11.6 Å². The van der Waals surface area contributed by atoms with Crippen molar-refractivity contribution in [3.05, 3.63) is 30.3 Å². The molecule has 1 aromatic carbocycles. The maximum atomic E-state index is 4.41. The first-order valence-electron chi connectivity index (χ1n) is 5.45. The molecule has 1 unspecified atom stereocenters. The Kier molecular flexibility index (Phi) is 2.90. The maximum absolute atomic E-state index is 4.41. The van der Waals surface area contributed by atoms with E-state index in [9.17, 15) is 0 Å². The smallest absolute Gasteiger partial charge is 0.117 e. The van der Waals surface area contributed by atoms with Crippen LogP contribution in [0.3, 0.4) is 0 Å². The van der Waals surface area contributed by atoms with Gasteiger partial charge >= 0.3 is 0 Å². The van der Waals surface area contributed by atoms with Gasteiger partial charge < -0.3 is 0 Å². The van der Waals surface area contributed by atoms with Crippen molar-refractivity contribution in [3.63, 3.8) is 0 Å². The monoisotopic (exact) mass is 203 g/mol. The van der Waals surface area contributed by atoms with Crippen molar-refractivity contribution in [2.24, 2.45) is 4.99 Å². The Morgan fingerprint density at radius 2 is 2.13 bits per heavy atom. The van der Waals surface area contributed by atoms with E-state index in [1.54, 1.807) is 0 Å². The summed E-state index contributed by atoms with van der Waals surface area (Å²) in [4.78, 5) is 4.41. The first-order valence-corrected chi connectivity index (χ1v) is 5.45. The minimum Gasteiger partial charge on any atom is -0.285 e. The molecule has 0 radical (unpaired) electrons. The lowest BCUT2D eigenvalue weighted by Gasteiger charge is -2.22. The molecule has 1 aliphatic heterocycles. The van der Waals surface area contributed by atoms with Crippen LogP contribution in [-0.4, -0.2) is 18.4 Å². The zero-order valence-electron chi connectivity index (χ0n) is 9.27. The van der Waals surface area contributed by atoms with Gasteiger partial charge in [0, 0.05) is 13.0 Å². The van der Waals surface area contributed by atoms with Gasteiger partial charge in [-0.05, 0) is 26.0 Å². The Morgan fingerprint density at radius 3 is 2.80 bits per heavy atom. The van der Waals surface area contributed by atoms with Crippen LogP contribution in [0.15, 0.2) is 35.3 Å². The van der Waals surface area contributed by atoms with Crippen LogP contribution >= 0.6 is 0 Å². The molecule has 1 heterocycles. The Morgan fingerprint density at radius 1 is 1.40 bits per heavy atom. The number of benzene rings is 1. The van der Waals surface area contributed by atoms with Crippen LogP contribution in [0.5, 0.6) is 0 Å². The van der Waals surface area contributed by atoms with Crippen LogP contribution in [0.4, 0.5) is 5.69 Å². The first kappa shape index (κ1) is 10.0. The van der Waals surface area contributed by atoms with Crippen LogP contribution in [-0.2, 0) is 0 Å². The third-order valence-corrected chi connectivity index (χ3v) is 2.56. The second-order valence-corrected chi connectivity index (χ2v) is 3.79. The quantitative estimate of drug-likeness (QED) is 0.798. The number of nitrogens with one attached hydrogen (secondary N) is 1. The third-order valence-electron chi connectivity index (χ3n) is 2.56. The molecule has 1 aromatic rings. The molecule has 1 N–H and O–H groups in total. The van der Waals surface area contributed by atoms with Crippen LogP contribution in [0.2, 0.25) is 0 Å². The first-order chi connectivity index (χ1) is 7.31. The van der Waals surface area contributed by atoms with Crippen molar-refractivity contribution in [3.8, 4) is 0 Å². The highest BCUT2D eigenvalue weighted by atomic mass is 15.6. The van der Waals surface area contributed by atoms with Gasteiger partial charge in [0.05, 0.1) is 11.7 Å². The zero-order valence-corrected chi connectivity index (χ0v) is 9.27. The average Bonchev–Trinajstić information content (AvgIpc) is 2.61. The highest BCUT2D eigenvalue weighted by molar-refractivity contribution is 5.87. The van der Waals surface area contributed by atoms with Gasteiger partial charge in [-0.25, -0.2) is 0 Å². The molecule has 80 valence electrons. The van der Waals surface area contributed by atoms with E-state index in [-0.39, 0.29) is 0 Å². The molecule has 0 spiro atoms. The molecule has 0 amide bonds. The molecule has 15 heavy (non-hydrogen) atoms. The van der Waals surface area contributed by atoms with Crippen molar-refractivity contribution in [1.82, 2.24) is 5.43 Å². The fourth-order valence-corrected chi connectivity index (χ4v) is 1.86. The number of rotatable bonds is 2. The summed E-state index contributed by atoms with van der Waals surface area (Å²) in [5.74, 6) is 1.09.